The molecule has 0 spiro atoms. The molecule has 0 bridgehead atoms. The molecule has 5 heteroatoms. The minimum Gasteiger partial charge on any atom is -0.352 e. The molecule has 2 aliphatic heterocycles. The highest BCUT2D eigenvalue weighted by atomic mass is 16.1. The van der Waals surface area contributed by atoms with Crippen LogP contribution in [0.5, 0.6) is 0 Å². The maximum Gasteiger partial charge on any atom is 0.224 e. The molecule has 0 radical (unpaired) electrons. The van der Waals surface area contributed by atoms with Gasteiger partial charge in [-0.3, -0.25) is 19.6 Å². The quantitative estimate of drug-likeness (QED) is 0.796. The van der Waals surface area contributed by atoms with E-state index in [0.717, 1.165) is 51.1 Å². The summed E-state index contributed by atoms with van der Waals surface area (Å²) in [4.78, 5) is 21.6. The van der Waals surface area contributed by atoms with E-state index in [2.05, 4.69) is 38.8 Å². The average Bonchev–Trinajstić information content (AvgIpc) is 2.67. The summed E-state index contributed by atoms with van der Waals surface area (Å²) in [6.07, 6.45) is 8.28. The summed E-state index contributed by atoms with van der Waals surface area (Å²) in [7, 11) is 0. The number of pyridine rings is 1. The van der Waals surface area contributed by atoms with Gasteiger partial charge in [-0.25, -0.2) is 0 Å². The first kappa shape index (κ1) is 19.1. The fourth-order valence-corrected chi connectivity index (χ4v) is 4.12. The predicted molar refractivity (Wildman–Crippen MR) is 105 cm³/mol. The van der Waals surface area contributed by atoms with Crippen LogP contribution in [0.4, 0.5) is 0 Å². The van der Waals surface area contributed by atoms with Crippen LogP contribution in [0.2, 0.25) is 0 Å². The number of nitrogens with zero attached hydrogens (tertiary/aromatic N) is 3. The first-order valence-electron chi connectivity index (χ1n) is 9.89. The van der Waals surface area contributed by atoms with E-state index >= 15 is 0 Å². The number of piperidine rings is 2. The Morgan fingerprint density at radius 3 is 2.65 bits per heavy atom. The lowest BCUT2D eigenvalue weighted by Gasteiger charge is -2.42. The van der Waals surface area contributed by atoms with Crippen molar-refractivity contribution in [3.05, 3.63) is 42.2 Å². The van der Waals surface area contributed by atoms with Crippen LogP contribution in [0, 0.1) is 5.92 Å². The van der Waals surface area contributed by atoms with Gasteiger partial charge in [-0.2, -0.15) is 0 Å². The van der Waals surface area contributed by atoms with Crippen LogP contribution in [-0.4, -0.2) is 59.5 Å². The van der Waals surface area contributed by atoms with Gasteiger partial charge in [-0.15, -0.1) is 0 Å². The van der Waals surface area contributed by atoms with E-state index < -0.39 is 0 Å². The third-order valence-electron chi connectivity index (χ3n) is 5.62. The zero-order valence-electron chi connectivity index (χ0n) is 16.0. The van der Waals surface area contributed by atoms with Crippen molar-refractivity contribution in [2.24, 2.45) is 5.92 Å². The van der Waals surface area contributed by atoms with Crippen LogP contribution in [0.25, 0.3) is 0 Å². The zero-order valence-corrected chi connectivity index (χ0v) is 16.0. The average molecular weight is 357 g/mol. The maximum atomic E-state index is 12.4. The van der Waals surface area contributed by atoms with E-state index in [4.69, 9.17) is 0 Å². The summed E-state index contributed by atoms with van der Waals surface area (Å²) in [5.74, 6) is 0.339. The van der Waals surface area contributed by atoms with Gasteiger partial charge in [0.2, 0.25) is 5.91 Å². The molecule has 1 N–H and O–H groups in total. The third-order valence-corrected chi connectivity index (χ3v) is 5.62. The second-order valence-electron chi connectivity index (χ2n) is 7.87. The number of aromatic nitrogens is 1. The fourth-order valence-electron chi connectivity index (χ4n) is 4.12. The number of likely N-dealkylation sites (tertiary alicyclic amines) is 2. The summed E-state index contributed by atoms with van der Waals surface area (Å²) >= 11 is 0. The molecule has 1 aromatic rings. The molecule has 0 saturated carbocycles. The molecule has 2 fully saturated rings. The van der Waals surface area contributed by atoms with Crippen LogP contribution < -0.4 is 5.32 Å². The van der Waals surface area contributed by atoms with Gasteiger partial charge >= 0.3 is 0 Å². The molecule has 2 aliphatic rings. The molecule has 3 heterocycles. The van der Waals surface area contributed by atoms with Gasteiger partial charge in [-0.1, -0.05) is 12.2 Å². The number of amides is 1. The molecule has 2 saturated heterocycles. The number of carbonyl (C=O) groups excluding carboxylic acids is 1. The smallest absolute Gasteiger partial charge is 0.224 e. The van der Waals surface area contributed by atoms with Gasteiger partial charge < -0.3 is 5.32 Å². The van der Waals surface area contributed by atoms with E-state index in [9.17, 15) is 4.79 Å². The highest BCUT2D eigenvalue weighted by Gasteiger charge is 2.31. The van der Waals surface area contributed by atoms with Gasteiger partial charge in [0.05, 0.1) is 5.92 Å². The third kappa shape index (κ3) is 5.39. The predicted octanol–water partition coefficient (Wildman–Crippen LogP) is 2.45. The molecular weight excluding hydrogens is 324 g/mol. The van der Waals surface area contributed by atoms with Crippen molar-refractivity contribution in [1.82, 2.24) is 20.1 Å². The maximum absolute atomic E-state index is 12.4. The van der Waals surface area contributed by atoms with Crippen LogP contribution in [0.1, 0.15) is 38.2 Å². The summed E-state index contributed by atoms with van der Waals surface area (Å²) in [6.45, 7) is 11.8. The number of hydrogen-bond donors (Lipinski definition) is 1. The second kappa shape index (κ2) is 9.28. The van der Waals surface area contributed by atoms with Crippen molar-refractivity contribution in [3.63, 3.8) is 0 Å². The Kier molecular flexibility index (Phi) is 6.80. The minimum atomic E-state index is 0.137. The van der Waals surface area contributed by atoms with E-state index in [0.29, 0.717) is 12.6 Å². The monoisotopic (exact) mass is 356 g/mol. The Balaban J connectivity index is 1.45. The Labute approximate surface area is 157 Å². The Morgan fingerprint density at radius 2 is 1.96 bits per heavy atom. The molecule has 1 amide bonds. The minimum absolute atomic E-state index is 0.137. The van der Waals surface area contributed by atoms with Crippen molar-refractivity contribution < 1.29 is 4.79 Å². The van der Waals surface area contributed by atoms with Gasteiger partial charge in [-0.05, 0) is 69.9 Å². The SMILES string of the molecule is C=C(C)CNC(=O)[C@@H]1CCCN(C2CCN(Cc3ccncc3)CC2)C1. The summed E-state index contributed by atoms with van der Waals surface area (Å²) in [5.41, 5.74) is 2.35. The molecule has 5 nitrogen and oxygen atoms in total. The Hall–Kier alpha value is -1.72. The topological polar surface area (TPSA) is 48.5 Å². The van der Waals surface area contributed by atoms with E-state index in [1.165, 1.54) is 18.4 Å². The van der Waals surface area contributed by atoms with Crippen LogP contribution in [0.15, 0.2) is 36.7 Å². The van der Waals surface area contributed by atoms with E-state index in [-0.39, 0.29) is 11.8 Å². The zero-order chi connectivity index (χ0) is 18.4. The summed E-state index contributed by atoms with van der Waals surface area (Å²) in [6, 6.07) is 4.83. The largest absolute Gasteiger partial charge is 0.352 e. The highest BCUT2D eigenvalue weighted by molar-refractivity contribution is 5.79. The molecule has 0 unspecified atom stereocenters. The molecule has 142 valence electrons. The van der Waals surface area contributed by atoms with Crippen molar-refractivity contribution in [3.8, 4) is 0 Å². The fraction of sp³-hybridized carbons (Fsp3) is 0.619. The lowest BCUT2D eigenvalue weighted by molar-refractivity contribution is -0.127. The Bertz CT molecular complexity index is 595. The van der Waals surface area contributed by atoms with Gasteiger partial charge in [0, 0.05) is 38.1 Å². The molecule has 1 aromatic heterocycles. The van der Waals surface area contributed by atoms with Gasteiger partial charge in [0.15, 0.2) is 0 Å². The number of hydrogen-bond acceptors (Lipinski definition) is 4. The lowest BCUT2D eigenvalue weighted by Crippen LogP contribution is -2.50. The van der Waals surface area contributed by atoms with Crippen molar-refractivity contribution in [2.75, 3.05) is 32.7 Å². The standard InChI is InChI=1S/C21H32N4O/c1-17(2)14-23-21(26)19-4-3-11-25(16-19)20-7-12-24(13-8-20)15-18-5-9-22-10-6-18/h5-6,9-10,19-20H,1,3-4,7-8,11-16H2,2H3,(H,23,26)/t19-/m1/s1. The first-order chi connectivity index (χ1) is 12.6. The first-order valence-corrected chi connectivity index (χ1v) is 9.89. The van der Waals surface area contributed by atoms with Crippen LogP contribution in [-0.2, 0) is 11.3 Å². The normalized spacial score (nSPS) is 22.9. The van der Waals surface area contributed by atoms with Gasteiger partial charge in [0.1, 0.15) is 0 Å². The Morgan fingerprint density at radius 1 is 1.23 bits per heavy atom. The van der Waals surface area contributed by atoms with Crippen molar-refractivity contribution in [1.29, 1.82) is 0 Å². The van der Waals surface area contributed by atoms with Crippen molar-refractivity contribution >= 4 is 5.91 Å². The van der Waals surface area contributed by atoms with E-state index in [1.54, 1.807) is 0 Å². The molecular formula is C21H32N4O. The molecule has 26 heavy (non-hydrogen) atoms. The highest BCUT2D eigenvalue weighted by Crippen LogP contribution is 2.24. The molecule has 1 atom stereocenters. The summed E-state index contributed by atoms with van der Waals surface area (Å²) in [5, 5.41) is 3.03. The van der Waals surface area contributed by atoms with Crippen molar-refractivity contribution in [2.45, 2.75) is 45.2 Å². The van der Waals surface area contributed by atoms with Crippen LogP contribution in [0.3, 0.4) is 0 Å². The number of nitrogens with one attached hydrogen (secondary N) is 1. The molecule has 3 rings (SSSR count). The van der Waals surface area contributed by atoms with Crippen LogP contribution >= 0.6 is 0 Å². The second-order valence-corrected chi connectivity index (χ2v) is 7.87. The number of carbonyl (C=O) groups is 1. The number of rotatable bonds is 6. The summed E-state index contributed by atoms with van der Waals surface area (Å²) < 4.78 is 0. The lowest BCUT2D eigenvalue weighted by atomic mass is 9.93. The van der Waals surface area contributed by atoms with Gasteiger partial charge in [0.25, 0.3) is 0 Å². The van der Waals surface area contributed by atoms with E-state index in [1.807, 2.05) is 19.3 Å². The molecule has 0 aromatic carbocycles. The molecule has 0 aliphatic carbocycles.